The van der Waals surface area contributed by atoms with E-state index in [-0.39, 0.29) is 22.7 Å². The topological polar surface area (TPSA) is 66.8 Å². The van der Waals surface area contributed by atoms with Crippen molar-refractivity contribution in [2.45, 2.75) is 47.0 Å². The highest BCUT2D eigenvalue weighted by Crippen LogP contribution is 2.40. The van der Waals surface area contributed by atoms with Crippen molar-refractivity contribution in [2.75, 3.05) is 7.11 Å². The van der Waals surface area contributed by atoms with Crippen LogP contribution in [-0.2, 0) is 16.0 Å². The van der Waals surface area contributed by atoms with Crippen LogP contribution in [0.1, 0.15) is 46.1 Å². The van der Waals surface area contributed by atoms with Gasteiger partial charge in [0.15, 0.2) is 5.76 Å². The first-order valence-corrected chi connectivity index (χ1v) is 8.84. The van der Waals surface area contributed by atoms with Gasteiger partial charge in [-0.1, -0.05) is 31.1 Å². The molecule has 26 heavy (non-hydrogen) atoms. The highest BCUT2D eigenvalue weighted by Gasteiger charge is 2.32. The fraction of sp³-hybridized carbons (Fsp3) is 0.409. The summed E-state index contributed by atoms with van der Waals surface area (Å²) in [5.41, 5.74) is 3.56. The van der Waals surface area contributed by atoms with E-state index in [4.69, 9.17) is 4.74 Å². The number of aromatic hydroxyl groups is 2. The lowest BCUT2D eigenvalue weighted by Crippen LogP contribution is -2.24. The summed E-state index contributed by atoms with van der Waals surface area (Å²) in [7, 11) is 1.53. The van der Waals surface area contributed by atoms with Crippen molar-refractivity contribution >= 4 is 5.78 Å². The van der Waals surface area contributed by atoms with Crippen molar-refractivity contribution < 1.29 is 19.7 Å². The monoisotopic (exact) mass is 356 g/mol. The van der Waals surface area contributed by atoms with Gasteiger partial charge in [-0.05, 0) is 57.4 Å². The lowest BCUT2D eigenvalue weighted by molar-refractivity contribution is -0.115. The average Bonchev–Trinajstić information content (AvgIpc) is 2.58. The Morgan fingerprint density at radius 1 is 1.27 bits per heavy atom. The summed E-state index contributed by atoms with van der Waals surface area (Å²) >= 11 is 0. The van der Waals surface area contributed by atoms with Crippen molar-refractivity contribution in [3.63, 3.8) is 0 Å². The van der Waals surface area contributed by atoms with Crippen LogP contribution in [0.2, 0.25) is 0 Å². The van der Waals surface area contributed by atoms with Gasteiger partial charge in [-0.15, -0.1) is 0 Å². The van der Waals surface area contributed by atoms with Gasteiger partial charge in [0.1, 0.15) is 11.5 Å². The number of Topliss-reactive ketones (excluding diaryl/α,β-unsaturated/α-hetero) is 1. The lowest BCUT2D eigenvalue weighted by Gasteiger charge is -2.31. The maximum absolute atomic E-state index is 12.4. The molecule has 0 aliphatic heterocycles. The second kappa shape index (κ2) is 7.81. The smallest absolute Gasteiger partial charge is 0.222 e. The molecule has 4 nitrogen and oxygen atoms in total. The summed E-state index contributed by atoms with van der Waals surface area (Å²) in [4.78, 5) is 12.4. The number of ether oxygens (including phenoxy) is 1. The zero-order valence-electron chi connectivity index (χ0n) is 16.2. The molecule has 0 spiro atoms. The molecule has 2 N–H and O–H groups in total. The molecule has 2 rings (SSSR count). The van der Waals surface area contributed by atoms with E-state index in [2.05, 4.69) is 19.9 Å². The normalized spacial score (nSPS) is 17.3. The van der Waals surface area contributed by atoms with Gasteiger partial charge >= 0.3 is 0 Å². The molecule has 0 saturated carbocycles. The van der Waals surface area contributed by atoms with E-state index in [9.17, 15) is 15.0 Å². The average molecular weight is 356 g/mol. The Morgan fingerprint density at radius 3 is 2.62 bits per heavy atom. The zero-order valence-corrected chi connectivity index (χ0v) is 16.2. The summed E-state index contributed by atoms with van der Waals surface area (Å²) in [6.45, 7) is 8.11. The van der Waals surface area contributed by atoms with Gasteiger partial charge in [0.05, 0.1) is 7.11 Å². The number of carbonyl (C=O) groups excluding carboxylic acids is 1. The third-order valence-electron chi connectivity index (χ3n) is 5.01. The summed E-state index contributed by atoms with van der Waals surface area (Å²) < 4.78 is 5.21. The molecule has 0 amide bonds. The van der Waals surface area contributed by atoms with Crippen LogP contribution in [0.25, 0.3) is 0 Å². The molecule has 0 aromatic heterocycles. The van der Waals surface area contributed by atoms with E-state index in [0.29, 0.717) is 17.7 Å². The van der Waals surface area contributed by atoms with Gasteiger partial charge in [-0.2, -0.15) is 0 Å². The number of carbonyl (C=O) groups is 1. The van der Waals surface area contributed by atoms with E-state index in [0.717, 1.165) is 24.0 Å². The Balaban J connectivity index is 2.08. The number of ketones is 1. The number of benzene rings is 1. The molecule has 0 atom stereocenters. The third kappa shape index (κ3) is 4.37. The molecular formula is C22H28O4. The van der Waals surface area contributed by atoms with Crippen molar-refractivity contribution in [1.82, 2.24) is 0 Å². The van der Waals surface area contributed by atoms with Gasteiger partial charge < -0.3 is 14.9 Å². The first kappa shape index (κ1) is 19.8. The Hall–Kier alpha value is -2.49. The van der Waals surface area contributed by atoms with Crippen LogP contribution in [-0.4, -0.2) is 23.1 Å². The summed E-state index contributed by atoms with van der Waals surface area (Å²) in [6, 6.07) is 4.54. The molecule has 0 unspecified atom stereocenters. The summed E-state index contributed by atoms with van der Waals surface area (Å²) in [6.07, 6.45) is 6.14. The van der Waals surface area contributed by atoms with E-state index in [1.807, 2.05) is 19.9 Å². The first-order valence-electron chi connectivity index (χ1n) is 8.84. The van der Waals surface area contributed by atoms with Gasteiger partial charge in [0, 0.05) is 16.6 Å². The van der Waals surface area contributed by atoms with Crippen molar-refractivity contribution in [1.29, 1.82) is 0 Å². The second-order valence-electron chi connectivity index (χ2n) is 7.43. The summed E-state index contributed by atoms with van der Waals surface area (Å²) in [5.74, 6) is 0.713. The second-order valence-corrected chi connectivity index (χ2v) is 7.43. The standard InChI is InChI=1S/C22H28O4/c1-14(6-8-16-12-17(23)9-11-19(16)24)7-10-18-15(2)21(25)20(26-5)13-22(18,3)4/h6,9,11-13,23-24H,7-8,10H2,1-5H3. The van der Waals surface area contributed by atoms with E-state index in [1.165, 1.54) is 24.8 Å². The molecule has 0 heterocycles. The van der Waals surface area contributed by atoms with Crippen LogP contribution >= 0.6 is 0 Å². The summed E-state index contributed by atoms with van der Waals surface area (Å²) in [5, 5.41) is 19.4. The van der Waals surface area contributed by atoms with Crippen LogP contribution in [0.4, 0.5) is 0 Å². The zero-order chi connectivity index (χ0) is 19.5. The third-order valence-corrected chi connectivity index (χ3v) is 5.01. The van der Waals surface area contributed by atoms with Gasteiger partial charge in [-0.25, -0.2) is 0 Å². The molecule has 4 heteroatoms. The van der Waals surface area contributed by atoms with E-state index >= 15 is 0 Å². The predicted octanol–water partition coefficient (Wildman–Crippen LogP) is 4.82. The molecule has 0 radical (unpaired) electrons. The molecule has 0 fully saturated rings. The Morgan fingerprint density at radius 2 is 1.96 bits per heavy atom. The first-order chi connectivity index (χ1) is 12.2. The minimum Gasteiger partial charge on any atom is -0.508 e. The molecule has 0 saturated heterocycles. The van der Waals surface area contributed by atoms with Crippen LogP contribution in [0, 0.1) is 5.41 Å². The Bertz CT molecular complexity index is 794. The number of hydrogen-bond acceptors (Lipinski definition) is 4. The fourth-order valence-corrected chi connectivity index (χ4v) is 3.39. The SMILES string of the molecule is COC1=CC(C)(C)C(CCC(C)=CCc2cc(O)ccc2O)=C(C)C1=O. The van der Waals surface area contributed by atoms with Gasteiger partial charge in [0.25, 0.3) is 0 Å². The number of phenols is 2. The minimum atomic E-state index is -0.215. The lowest BCUT2D eigenvalue weighted by atomic mass is 9.74. The van der Waals surface area contributed by atoms with Gasteiger partial charge in [0.2, 0.25) is 5.78 Å². The largest absolute Gasteiger partial charge is 0.508 e. The van der Waals surface area contributed by atoms with Crippen molar-refractivity contribution in [3.05, 3.63) is 58.4 Å². The van der Waals surface area contributed by atoms with Crippen molar-refractivity contribution in [3.8, 4) is 11.5 Å². The molecule has 1 aliphatic carbocycles. The molecule has 1 aromatic rings. The highest BCUT2D eigenvalue weighted by atomic mass is 16.5. The molecular weight excluding hydrogens is 328 g/mol. The quantitative estimate of drug-likeness (QED) is 0.566. The number of phenolic OH excluding ortho intramolecular Hbond substituents is 2. The Labute approximate surface area is 155 Å². The van der Waals surface area contributed by atoms with Crippen LogP contribution in [0.5, 0.6) is 11.5 Å². The van der Waals surface area contributed by atoms with E-state index in [1.54, 1.807) is 6.07 Å². The molecule has 0 bridgehead atoms. The van der Waals surface area contributed by atoms with Gasteiger partial charge in [-0.3, -0.25) is 4.79 Å². The van der Waals surface area contributed by atoms with Crippen molar-refractivity contribution in [2.24, 2.45) is 5.41 Å². The minimum absolute atomic E-state index is 0.0341. The Kier molecular flexibility index (Phi) is 5.96. The van der Waals surface area contributed by atoms with E-state index < -0.39 is 0 Å². The molecule has 1 aromatic carbocycles. The maximum Gasteiger partial charge on any atom is 0.222 e. The molecule has 1 aliphatic rings. The predicted molar refractivity (Wildman–Crippen MR) is 103 cm³/mol. The number of rotatable bonds is 6. The van der Waals surface area contributed by atoms with Crippen LogP contribution in [0.15, 0.2) is 52.8 Å². The number of allylic oxidation sites excluding steroid dienone is 5. The van der Waals surface area contributed by atoms with Crippen LogP contribution in [0.3, 0.4) is 0 Å². The maximum atomic E-state index is 12.4. The molecule has 140 valence electrons. The number of methoxy groups -OCH3 is 1. The fourth-order valence-electron chi connectivity index (χ4n) is 3.39. The van der Waals surface area contributed by atoms with Crippen LogP contribution < -0.4 is 0 Å². The number of hydrogen-bond donors (Lipinski definition) is 2. The highest BCUT2D eigenvalue weighted by molar-refractivity contribution is 6.08.